The lowest BCUT2D eigenvalue weighted by Gasteiger charge is -2.27. The Labute approximate surface area is 170 Å². The molecule has 1 aromatic carbocycles. The number of carbonyl (C=O) groups excluding carboxylic acids is 1. The molecule has 8 heteroatoms. The first-order valence-corrected chi connectivity index (χ1v) is 9.77. The number of ether oxygens (including phenoxy) is 2. The van der Waals surface area contributed by atoms with E-state index in [1.807, 2.05) is 36.1 Å². The summed E-state index contributed by atoms with van der Waals surface area (Å²) in [4.78, 5) is 36.2. The Hall–Kier alpha value is -2.87. The molecule has 0 bridgehead atoms. The fourth-order valence-electron chi connectivity index (χ4n) is 3.33. The summed E-state index contributed by atoms with van der Waals surface area (Å²) in [7, 11) is 3.39. The molecule has 1 amide bonds. The van der Waals surface area contributed by atoms with Crippen LogP contribution < -0.4 is 15.2 Å². The van der Waals surface area contributed by atoms with Crippen LogP contribution >= 0.6 is 0 Å². The second-order valence-corrected chi connectivity index (χ2v) is 7.15. The standard InChI is InChI=1S/C21H28N4O4/c1-15-18(20(27)23-21(22-15)25-10-12-29-13-11-25)8-9-19(26)24(2)14-16-4-6-17(28-3)7-5-16/h4-7H,8-14H2,1-3H3,(H,22,23,27). The molecule has 0 unspecified atom stereocenters. The van der Waals surface area contributed by atoms with E-state index >= 15 is 0 Å². The van der Waals surface area contributed by atoms with E-state index < -0.39 is 0 Å². The zero-order valence-corrected chi connectivity index (χ0v) is 17.2. The number of morpholine rings is 1. The van der Waals surface area contributed by atoms with Crippen LogP contribution in [0.15, 0.2) is 29.1 Å². The Morgan fingerprint density at radius 2 is 1.97 bits per heavy atom. The summed E-state index contributed by atoms with van der Waals surface area (Å²) < 4.78 is 10.5. The van der Waals surface area contributed by atoms with Crippen LogP contribution in [0.5, 0.6) is 5.75 Å². The molecule has 1 fully saturated rings. The van der Waals surface area contributed by atoms with Gasteiger partial charge in [0.25, 0.3) is 5.56 Å². The number of anilines is 1. The van der Waals surface area contributed by atoms with Crippen LogP contribution in [0.25, 0.3) is 0 Å². The van der Waals surface area contributed by atoms with Crippen molar-refractivity contribution < 1.29 is 14.3 Å². The van der Waals surface area contributed by atoms with Gasteiger partial charge in [0.05, 0.1) is 20.3 Å². The first-order chi connectivity index (χ1) is 14.0. The highest BCUT2D eigenvalue weighted by Crippen LogP contribution is 2.14. The molecule has 0 spiro atoms. The highest BCUT2D eigenvalue weighted by atomic mass is 16.5. The third-order valence-electron chi connectivity index (χ3n) is 5.11. The Kier molecular flexibility index (Phi) is 6.87. The van der Waals surface area contributed by atoms with E-state index in [0.717, 1.165) is 11.3 Å². The fourth-order valence-corrected chi connectivity index (χ4v) is 3.33. The topological polar surface area (TPSA) is 87.8 Å². The van der Waals surface area contributed by atoms with E-state index in [-0.39, 0.29) is 17.9 Å². The van der Waals surface area contributed by atoms with Gasteiger partial charge in [-0.05, 0) is 31.0 Å². The summed E-state index contributed by atoms with van der Waals surface area (Å²) in [6.45, 7) is 4.98. The molecular formula is C21H28N4O4. The van der Waals surface area contributed by atoms with Crippen molar-refractivity contribution >= 4 is 11.9 Å². The zero-order valence-electron chi connectivity index (χ0n) is 17.2. The predicted octanol–water partition coefficient (Wildman–Crippen LogP) is 1.51. The normalized spacial score (nSPS) is 14.0. The largest absolute Gasteiger partial charge is 0.497 e. The summed E-state index contributed by atoms with van der Waals surface area (Å²) >= 11 is 0. The second kappa shape index (κ2) is 9.56. The lowest BCUT2D eigenvalue weighted by molar-refractivity contribution is -0.130. The molecule has 1 aliphatic heterocycles. The SMILES string of the molecule is COc1ccc(CN(C)C(=O)CCc2c(C)nc(N3CCOCC3)[nH]c2=O)cc1. The van der Waals surface area contributed by atoms with Gasteiger partial charge in [-0.15, -0.1) is 0 Å². The average molecular weight is 400 g/mol. The minimum Gasteiger partial charge on any atom is -0.497 e. The number of rotatable bonds is 7. The van der Waals surface area contributed by atoms with Crippen molar-refractivity contribution in [2.24, 2.45) is 0 Å². The summed E-state index contributed by atoms with van der Waals surface area (Å²) in [6, 6.07) is 7.62. The number of nitrogens with zero attached hydrogens (tertiary/aromatic N) is 3. The number of amides is 1. The average Bonchev–Trinajstić information content (AvgIpc) is 2.74. The van der Waals surface area contributed by atoms with Gasteiger partial charge in [-0.25, -0.2) is 4.98 Å². The number of aryl methyl sites for hydroxylation is 1. The van der Waals surface area contributed by atoms with Crippen molar-refractivity contribution in [1.29, 1.82) is 0 Å². The quantitative estimate of drug-likeness (QED) is 0.758. The van der Waals surface area contributed by atoms with E-state index in [4.69, 9.17) is 9.47 Å². The van der Waals surface area contributed by atoms with Crippen molar-refractivity contribution in [1.82, 2.24) is 14.9 Å². The van der Waals surface area contributed by atoms with Gasteiger partial charge >= 0.3 is 0 Å². The fraction of sp³-hybridized carbons (Fsp3) is 0.476. The maximum Gasteiger partial charge on any atom is 0.255 e. The molecule has 1 aliphatic rings. The first-order valence-electron chi connectivity index (χ1n) is 9.77. The number of aromatic nitrogens is 2. The Morgan fingerprint density at radius 1 is 1.28 bits per heavy atom. The molecule has 1 aromatic heterocycles. The molecule has 1 N–H and O–H groups in total. The number of carbonyl (C=O) groups is 1. The van der Waals surface area contributed by atoms with Crippen molar-refractivity contribution in [2.75, 3.05) is 45.4 Å². The Morgan fingerprint density at radius 3 is 2.59 bits per heavy atom. The lowest BCUT2D eigenvalue weighted by atomic mass is 10.1. The monoisotopic (exact) mass is 400 g/mol. The van der Waals surface area contributed by atoms with Crippen LogP contribution in [0.3, 0.4) is 0 Å². The van der Waals surface area contributed by atoms with E-state index in [1.54, 1.807) is 19.1 Å². The first kappa shape index (κ1) is 20.9. The van der Waals surface area contributed by atoms with Crippen molar-refractivity contribution in [3.63, 3.8) is 0 Å². The van der Waals surface area contributed by atoms with Gasteiger partial charge in [0.15, 0.2) is 0 Å². The van der Waals surface area contributed by atoms with Crippen LogP contribution in [-0.2, 0) is 22.5 Å². The van der Waals surface area contributed by atoms with Crippen LogP contribution in [0.2, 0.25) is 0 Å². The molecule has 0 atom stereocenters. The highest BCUT2D eigenvalue weighted by molar-refractivity contribution is 5.76. The van der Waals surface area contributed by atoms with Crippen LogP contribution in [0, 0.1) is 6.92 Å². The number of benzene rings is 1. The van der Waals surface area contributed by atoms with Gasteiger partial charge < -0.3 is 19.3 Å². The Balaban J connectivity index is 1.59. The molecule has 156 valence electrons. The van der Waals surface area contributed by atoms with Crippen LogP contribution in [0.1, 0.15) is 23.2 Å². The maximum absolute atomic E-state index is 12.5. The third kappa shape index (κ3) is 5.35. The van der Waals surface area contributed by atoms with Gasteiger partial charge in [-0.3, -0.25) is 14.6 Å². The zero-order chi connectivity index (χ0) is 20.8. The number of nitrogens with one attached hydrogen (secondary N) is 1. The van der Waals surface area contributed by atoms with Crippen molar-refractivity contribution in [2.45, 2.75) is 26.3 Å². The van der Waals surface area contributed by atoms with E-state index in [2.05, 4.69) is 9.97 Å². The molecule has 0 saturated carbocycles. The number of H-pyrrole nitrogens is 1. The molecule has 2 aromatic rings. The van der Waals surface area contributed by atoms with Gasteiger partial charge in [-0.1, -0.05) is 12.1 Å². The van der Waals surface area contributed by atoms with Gasteiger partial charge in [0.1, 0.15) is 5.75 Å². The minimum atomic E-state index is -0.176. The summed E-state index contributed by atoms with van der Waals surface area (Å²) in [5, 5.41) is 0. The molecule has 0 radical (unpaired) electrons. The molecule has 3 rings (SSSR count). The highest BCUT2D eigenvalue weighted by Gasteiger charge is 2.17. The number of hydrogen-bond acceptors (Lipinski definition) is 6. The molecule has 2 heterocycles. The van der Waals surface area contributed by atoms with Gasteiger partial charge in [0, 0.05) is 44.4 Å². The summed E-state index contributed by atoms with van der Waals surface area (Å²) in [6.07, 6.45) is 0.624. The molecule has 8 nitrogen and oxygen atoms in total. The van der Waals surface area contributed by atoms with E-state index in [0.29, 0.717) is 56.5 Å². The van der Waals surface area contributed by atoms with Gasteiger partial charge in [-0.2, -0.15) is 0 Å². The van der Waals surface area contributed by atoms with Crippen LogP contribution in [0.4, 0.5) is 5.95 Å². The molecule has 29 heavy (non-hydrogen) atoms. The maximum atomic E-state index is 12.5. The predicted molar refractivity (Wildman–Crippen MR) is 110 cm³/mol. The number of aromatic amines is 1. The van der Waals surface area contributed by atoms with E-state index in [9.17, 15) is 9.59 Å². The summed E-state index contributed by atoms with van der Waals surface area (Å²) in [5.41, 5.74) is 2.07. The smallest absolute Gasteiger partial charge is 0.255 e. The second-order valence-electron chi connectivity index (χ2n) is 7.15. The molecule has 0 aliphatic carbocycles. The third-order valence-corrected chi connectivity index (χ3v) is 5.11. The lowest BCUT2D eigenvalue weighted by Crippen LogP contribution is -2.38. The summed E-state index contributed by atoms with van der Waals surface area (Å²) in [5.74, 6) is 1.34. The molecule has 1 saturated heterocycles. The Bertz CT molecular complexity index is 889. The van der Waals surface area contributed by atoms with Gasteiger partial charge in [0.2, 0.25) is 11.9 Å². The number of methoxy groups -OCH3 is 1. The van der Waals surface area contributed by atoms with Crippen LogP contribution in [-0.4, -0.2) is 61.2 Å². The van der Waals surface area contributed by atoms with Crippen molar-refractivity contribution in [3.8, 4) is 5.75 Å². The van der Waals surface area contributed by atoms with E-state index in [1.165, 1.54) is 0 Å². The minimum absolute atomic E-state index is 0.0168. The number of hydrogen-bond donors (Lipinski definition) is 1. The molecular weight excluding hydrogens is 372 g/mol. The van der Waals surface area contributed by atoms with Crippen molar-refractivity contribution in [3.05, 3.63) is 51.4 Å².